The number of anilines is 1. The first-order chi connectivity index (χ1) is 12.2. The summed E-state index contributed by atoms with van der Waals surface area (Å²) in [6, 6.07) is 9.32. The summed E-state index contributed by atoms with van der Waals surface area (Å²) in [5.41, 5.74) is 1.66. The van der Waals surface area contributed by atoms with Crippen LogP contribution in [0.4, 0.5) is 5.69 Å². The number of carboxylic acids is 1. The van der Waals surface area contributed by atoms with E-state index in [1.54, 1.807) is 31.3 Å². The van der Waals surface area contributed by atoms with Crippen LogP contribution in [-0.4, -0.2) is 29.3 Å². The van der Waals surface area contributed by atoms with E-state index >= 15 is 0 Å². The second-order valence-electron chi connectivity index (χ2n) is 6.34. The van der Waals surface area contributed by atoms with Gasteiger partial charge in [-0.2, -0.15) is 5.10 Å². The SMILES string of the molecule is Cc1ccc(S(=O)(=O)Nc2ccc3cnn(C(C)C)c3c2)cc1C(=O)O. The molecule has 0 spiro atoms. The Labute approximate surface area is 151 Å². The molecule has 0 saturated heterocycles. The van der Waals surface area contributed by atoms with Gasteiger partial charge in [0.15, 0.2) is 0 Å². The van der Waals surface area contributed by atoms with E-state index in [9.17, 15) is 18.3 Å². The van der Waals surface area contributed by atoms with Gasteiger partial charge in [-0.3, -0.25) is 9.40 Å². The maximum absolute atomic E-state index is 12.7. The van der Waals surface area contributed by atoms with Crippen LogP contribution in [0.15, 0.2) is 47.5 Å². The molecule has 0 saturated carbocycles. The minimum atomic E-state index is -3.91. The fraction of sp³-hybridized carbons (Fsp3) is 0.222. The summed E-state index contributed by atoms with van der Waals surface area (Å²) >= 11 is 0. The van der Waals surface area contributed by atoms with Crippen molar-refractivity contribution >= 4 is 32.6 Å². The van der Waals surface area contributed by atoms with E-state index < -0.39 is 16.0 Å². The minimum Gasteiger partial charge on any atom is -0.478 e. The van der Waals surface area contributed by atoms with Crippen molar-refractivity contribution in [2.45, 2.75) is 31.7 Å². The molecule has 0 aliphatic rings. The van der Waals surface area contributed by atoms with Crippen LogP contribution in [-0.2, 0) is 10.0 Å². The Balaban J connectivity index is 2.00. The monoisotopic (exact) mass is 373 g/mol. The van der Waals surface area contributed by atoms with Crippen molar-refractivity contribution in [1.29, 1.82) is 0 Å². The molecule has 0 aliphatic carbocycles. The lowest BCUT2D eigenvalue weighted by atomic mass is 10.1. The topological polar surface area (TPSA) is 101 Å². The molecule has 0 amide bonds. The molecule has 0 unspecified atom stereocenters. The van der Waals surface area contributed by atoms with Gasteiger partial charge >= 0.3 is 5.97 Å². The molecular formula is C18H19N3O4S. The lowest BCUT2D eigenvalue weighted by molar-refractivity contribution is 0.0696. The Hall–Kier alpha value is -2.87. The lowest BCUT2D eigenvalue weighted by Gasteiger charge is -2.11. The summed E-state index contributed by atoms with van der Waals surface area (Å²) in [4.78, 5) is 11.2. The van der Waals surface area contributed by atoms with Crippen molar-refractivity contribution in [3.63, 3.8) is 0 Å². The van der Waals surface area contributed by atoms with E-state index in [1.165, 1.54) is 12.1 Å². The highest BCUT2D eigenvalue weighted by molar-refractivity contribution is 7.92. The van der Waals surface area contributed by atoms with Gasteiger partial charge in [-0.1, -0.05) is 6.07 Å². The van der Waals surface area contributed by atoms with Gasteiger partial charge in [0.1, 0.15) is 0 Å². The first kappa shape index (κ1) is 17.9. The number of hydrogen-bond acceptors (Lipinski definition) is 4. The van der Waals surface area contributed by atoms with E-state index in [4.69, 9.17) is 0 Å². The number of aromatic carboxylic acids is 1. The van der Waals surface area contributed by atoms with Crippen molar-refractivity contribution < 1.29 is 18.3 Å². The summed E-state index contributed by atoms with van der Waals surface area (Å²) in [6.07, 6.45) is 1.73. The Morgan fingerprint density at radius 2 is 1.92 bits per heavy atom. The molecule has 0 atom stereocenters. The summed E-state index contributed by atoms with van der Waals surface area (Å²) in [7, 11) is -3.91. The number of rotatable bonds is 5. The molecule has 1 aromatic heterocycles. The number of fused-ring (bicyclic) bond motifs is 1. The zero-order valence-corrected chi connectivity index (χ0v) is 15.4. The van der Waals surface area contributed by atoms with E-state index in [0.717, 1.165) is 17.0 Å². The maximum atomic E-state index is 12.7. The number of carbonyl (C=O) groups is 1. The largest absolute Gasteiger partial charge is 0.478 e. The molecule has 7 nitrogen and oxygen atoms in total. The summed E-state index contributed by atoms with van der Waals surface area (Å²) in [6.45, 7) is 5.60. The number of nitrogens with one attached hydrogen (secondary N) is 1. The van der Waals surface area contributed by atoms with E-state index in [2.05, 4.69) is 9.82 Å². The molecule has 26 heavy (non-hydrogen) atoms. The predicted molar refractivity (Wildman–Crippen MR) is 99.1 cm³/mol. The standard InChI is InChI=1S/C18H19N3O4S/c1-11(2)21-17-8-14(6-5-13(17)10-19-21)20-26(24,25)15-7-4-12(3)16(9-15)18(22)23/h4-11,20H,1-3H3,(H,22,23). The lowest BCUT2D eigenvalue weighted by Crippen LogP contribution is -2.14. The summed E-state index contributed by atoms with van der Waals surface area (Å²) < 4.78 is 29.6. The number of sulfonamides is 1. The van der Waals surface area contributed by atoms with Crippen LogP contribution in [0.5, 0.6) is 0 Å². The third kappa shape index (κ3) is 3.28. The van der Waals surface area contributed by atoms with Crippen molar-refractivity contribution in [1.82, 2.24) is 9.78 Å². The molecule has 0 bridgehead atoms. The zero-order chi connectivity index (χ0) is 19.1. The number of aromatic nitrogens is 2. The summed E-state index contributed by atoms with van der Waals surface area (Å²) in [5, 5.41) is 14.4. The third-order valence-electron chi connectivity index (χ3n) is 4.09. The quantitative estimate of drug-likeness (QED) is 0.713. The first-order valence-electron chi connectivity index (χ1n) is 8.03. The molecule has 1 heterocycles. The van der Waals surface area contributed by atoms with Crippen molar-refractivity contribution in [3.8, 4) is 0 Å². The molecule has 0 aliphatic heterocycles. The Morgan fingerprint density at radius 1 is 1.19 bits per heavy atom. The van der Waals surface area contributed by atoms with Crippen LogP contribution in [0.3, 0.4) is 0 Å². The number of benzene rings is 2. The van der Waals surface area contributed by atoms with Crippen LogP contribution in [0, 0.1) is 6.92 Å². The number of aryl methyl sites for hydroxylation is 1. The summed E-state index contributed by atoms with van der Waals surface area (Å²) in [5.74, 6) is -1.16. The second kappa shape index (κ2) is 6.45. The van der Waals surface area contributed by atoms with E-state index in [1.807, 2.05) is 18.5 Å². The molecule has 136 valence electrons. The molecule has 3 aromatic rings. The highest BCUT2D eigenvalue weighted by atomic mass is 32.2. The molecule has 2 N–H and O–H groups in total. The molecule has 3 rings (SSSR count). The Morgan fingerprint density at radius 3 is 2.58 bits per heavy atom. The van der Waals surface area contributed by atoms with Gasteiger partial charge in [0.2, 0.25) is 0 Å². The Kier molecular flexibility index (Phi) is 4.45. The molecule has 8 heteroatoms. The molecular weight excluding hydrogens is 354 g/mol. The minimum absolute atomic E-state index is 0.0405. The highest BCUT2D eigenvalue weighted by Crippen LogP contribution is 2.24. The van der Waals surface area contributed by atoms with Crippen LogP contribution < -0.4 is 4.72 Å². The predicted octanol–water partition coefficient (Wildman–Crippen LogP) is 3.42. The molecule has 0 fully saturated rings. The van der Waals surface area contributed by atoms with Crippen LogP contribution in [0.25, 0.3) is 10.9 Å². The van der Waals surface area contributed by atoms with Crippen LogP contribution in [0.1, 0.15) is 35.8 Å². The van der Waals surface area contributed by atoms with Gasteiger partial charge in [0, 0.05) is 11.4 Å². The van der Waals surface area contributed by atoms with Crippen molar-refractivity contribution in [2.24, 2.45) is 0 Å². The van der Waals surface area contributed by atoms with Gasteiger partial charge in [0.05, 0.1) is 27.9 Å². The maximum Gasteiger partial charge on any atom is 0.335 e. The first-order valence-corrected chi connectivity index (χ1v) is 9.51. The van der Waals surface area contributed by atoms with Gasteiger partial charge in [-0.15, -0.1) is 0 Å². The average molecular weight is 373 g/mol. The fourth-order valence-electron chi connectivity index (χ4n) is 2.73. The van der Waals surface area contributed by atoms with Gasteiger partial charge in [-0.05, 0) is 56.7 Å². The van der Waals surface area contributed by atoms with Crippen molar-refractivity contribution in [2.75, 3.05) is 4.72 Å². The molecule has 2 aromatic carbocycles. The van der Waals surface area contributed by atoms with E-state index in [0.29, 0.717) is 11.3 Å². The van der Waals surface area contributed by atoms with E-state index in [-0.39, 0.29) is 16.5 Å². The fourth-order valence-corrected chi connectivity index (χ4v) is 3.80. The van der Waals surface area contributed by atoms with Gasteiger partial charge in [0.25, 0.3) is 10.0 Å². The number of nitrogens with zero attached hydrogens (tertiary/aromatic N) is 2. The Bertz CT molecular complexity index is 1100. The van der Waals surface area contributed by atoms with Crippen molar-refractivity contribution in [3.05, 3.63) is 53.7 Å². The van der Waals surface area contributed by atoms with Gasteiger partial charge in [-0.25, -0.2) is 13.2 Å². The van der Waals surface area contributed by atoms with Crippen LogP contribution in [0.2, 0.25) is 0 Å². The van der Waals surface area contributed by atoms with Crippen LogP contribution >= 0.6 is 0 Å². The molecule has 0 radical (unpaired) electrons. The number of carboxylic acid groups (broad SMARTS) is 1. The van der Waals surface area contributed by atoms with Gasteiger partial charge < -0.3 is 5.11 Å². The average Bonchev–Trinajstić information content (AvgIpc) is 2.97. The third-order valence-corrected chi connectivity index (χ3v) is 5.47. The second-order valence-corrected chi connectivity index (χ2v) is 8.03. The zero-order valence-electron chi connectivity index (χ0n) is 14.6. The normalized spacial score (nSPS) is 11.8. The highest BCUT2D eigenvalue weighted by Gasteiger charge is 2.18. The number of hydrogen-bond donors (Lipinski definition) is 2. The smallest absolute Gasteiger partial charge is 0.335 e.